The summed E-state index contributed by atoms with van der Waals surface area (Å²) in [5.74, 6) is -0.472. The third-order valence-corrected chi connectivity index (χ3v) is 1.02. The van der Waals surface area contributed by atoms with E-state index in [0.717, 1.165) is 0 Å². The van der Waals surface area contributed by atoms with Gasteiger partial charge in [0.1, 0.15) is 0 Å². The molecule has 0 N–H and O–H groups in total. The van der Waals surface area contributed by atoms with Crippen LogP contribution in [0.2, 0.25) is 0 Å². The Labute approximate surface area is 40.3 Å². The van der Waals surface area contributed by atoms with Crippen molar-refractivity contribution >= 4 is 0 Å². The fraction of sp³-hybridized carbons (Fsp3) is 1.00. The number of alkyl halides is 2. The van der Waals surface area contributed by atoms with E-state index in [4.69, 9.17) is 0 Å². The van der Waals surface area contributed by atoms with Crippen LogP contribution in [-0.4, -0.2) is 19.6 Å². The minimum atomic E-state index is -2.17. The van der Waals surface area contributed by atoms with Gasteiger partial charge in [-0.15, -0.1) is 0 Å². The van der Waals surface area contributed by atoms with Crippen LogP contribution in [0.1, 0.15) is 0 Å². The summed E-state index contributed by atoms with van der Waals surface area (Å²) in [6.07, 6.45) is -2.17. The van der Waals surface area contributed by atoms with Crippen LogP contribution in [0.5, 0.6) is 0 Å². The van der Waals surface area contributed by atoms with E-state index in [-0.39, 0.29) is 13.2 Å². The van der Waals surface area contributed by atoms with E-state index >= 15 is 0 Å². The number of rotatable bonds is 1. The molecular formula is C4H6F2O. The summed E-state index contributed by atoms with van der Waals surface area (Å²) in [6, 6.07) is 0. The van der Waals surface area contributed by atoms with Crippen LogP contribution in [0.3, 0.4) is 0 Å². The van der Waals surface area contributed by atoms with Gasteiger partial charge in [0.15, 0.2) is 0 Å². The van der Waals surface area contributed by atoms with E-state index in [1.165, 1.54) is 0 Å². The molecule has 0 unspecified atom stereocenters. The van der Waals surface area contributed by atoms with Crippen molar-refractivity contribution in [2.24, 2.45) is 5.92 Å². The predicted octanol–water partition coefficient (Wildman–Crippen LogP) is 0.898. The van der Waals surface area contributed by atoms with Crippen LogP contribution in [0.15, 0.2) is 0 Å². The first kappa shape index (κ1) is 4.97. The first-order chi connectivity index (χ1) is 3.30. The third-order valence-electron chi connectivity index (χ3n) is 1.02. The van der Waals surface area contributed by atoms with Crippen LogP contribution >= 0.6 is 0 Å². The van der Waals surface area contributed by atoms with Crippen LogP contribution in [0, 0.1) is 5.92 Å². The number of ether oxygens (including phenoxy) is 1. The molecule has 1 heterocycles. The van der Waals surface area contributed by atoms with Gasteiger partial charge in [-0.05, 0) is 0 Å². The maximum absolute atomic E-state index is 11.4. The minimum absolute atomic E-state index is 0.248. The zero-order valence-corrected chi connectivity index (χ0v) is 3.73. The van der Waals surface area contributed by atoms with Gasteiger partial charge in [0, 0.05) is 0 Å². The number of hydrogen-bond acceptors (Lipinski definition) is 1. The first-order valence-corrected chi connectivity index (χ1v) is 2.16. The SMILES string of the molecule is FC(F)C1COC1. The van der Waals surface area contributed by atoms with Crippen molar-refractivity contribution in [1.29, 1.82) is 0 Å². The van der Waals surface area contributed by atoms with E-state index in [0.29, 0.717) is 0 Å². The lowest BCUT2D eigenvalue weighted by Gasteiger charge is -2.24. The molecule has 1 saturated heterocycles. The molecule has 1 fully saturated rings. The highest BCUT2D eigenvalue weighted by Crippen LogP contribution is 2.17. The molecule has 0 aromatic heterocycles. The molecule has 1 rings (SSSR count). The molecule has 3 heteroatoms. The summed E-state index contributed by atoms with van der Waals surface area (Å²) < 4.78 is 27.3. The van der Waals surface area contributed by atoms with Crippen LogP contribution in [-0.2, 0) is 4.74 Å². The zero-order chi connectivity index (χ0) is 5.28. The second kappa shape index (κ2) is 1.74. The highest BCUT2D eigenvalue weighted by atomic mass is 19.3. The Morgan fingerprint density at radius 3 is 2.00 bits per heavy atom. The Balaban J connectivity index is 2.14. The summed E-state index contributed by atoms with van der Waals surface area (Å²) in [6.45, 7) is 0.495. The second-order valence-corrected chi connectivity index (χ2v) is 1.63. The zero-order valence-electron chi connectivity index (χ0n) is 3.73. The van der Waals surface area contributed by atoms with Gasteiger partial charge in [-0.25, -0.2) is 8.78 Å². The molecule has 0 atom stereocenters. The van der Waals surface area contributed by atoms with Crippen LogP contribution < -0.4 is 0 Å². The molecule has 1 aliphatic rings. The van der Waals surface area contributed by atoms with Crippen LogP contribution in [0.25, 0.3) is 0 Å². The van der Waals surface area contributed by atoms with Gasteiger partial charge >= 0.3 is 0 Å². The maximum atomic E-state index is 11.4. The largest absolute Gasteiger partial charge is 0.380 e. The lowest BCUT2D eigenvalue weighted by molar-refractivity contribution is -0.104. The van der Waals surface area contributed by atoms with Crippen molar-refractivity contribution in [3.63, 3.8) is 0 Å². The highest BCUT2D eigenvalue weighted by Gasteiger charge is 2.27. The van der Waals surface area contributed by atoms with Gasteiger partial charge in [0.2, 0.25) is 6.43 Å². The van der Waals surface area contributed by atoms with Gasteiger partial charge in [-0.2, -0.15) is 0 Å². The predicted molar refractivity (Wildman–Crippen MR) is 20.3 cm³/mol. The van der Waals surface area contributed by atoms with Gasteiger partial charge in [-0.3, -0.25) is 0 Å². The highest BCUT2D eigenvalue weighted by molar-refractivity contribution is 4.66. The maximum Gasteiger partial charge on any atom is 0.245 e. The van der Waals surface area contributed by atoms with E-state index in [2.05, 4.69) is 4.74 Å². The summed E-state index contributed by atoms with van der Waals surface area (Å²) in [5, 5.41) is 0. The van der Waals surface area contributed by atoms with E-state index in [1.54, 1.807) is 0 Å². The summed E-state index contributed by atoms with van der Waals surface area (Å²) in [4.78, 5) is 0. The van der Waals surface area contributed by atoms with Crippen LogP contribution in [0.4, 0.5) is 8.78 Å². The van der Waals surface area contributed by atoms with Gasteiger partial charge in [-0.1, -0.05) is 0 Å². The molecule has 1 nitrogen and oxygen atoms in total. The molecule has 0 aromatic carbocycles. The van der Waals surface area contributed by atoms with Crippen molar-refractivity contribution in [1.82, 2.24) is 0 Å². The monoisotopic (exact) mass is 108 g/mol. The molecule has 7 heavy (non-hydrogen) atoms. The summed E-state index contributed by atoms with van der Waals surface area (Å²) >= 11 is 0. The average molecular weight is 108 g/mol. The molecule has 0 bridgehead atoms. The summed E-state index contributed by atoms with van der Waals surface area (Å²) in [5.41, 5.74) is 0. The number of hydrogen-bond donors (Lipinski definition) is 0. The third kappa shape index (κ3) is 0.881. The first-order valence-electron chi connectivity index (χ1n) is 2.16. The quantitative estimate of drug-likeness (QED) is 0.485. The smallest absolute Gasteiger partial charge is 0.245 e. The van der Waals surface area contributed by atoms with Crippen molar-refractivity contribution in [2.45, 2.75) is 6.43 Å². The molecule has 1 aliphatic heterocycles. The van der Waals surface area contributed by atoms with Crippen molar-refractivity contribution in [3.05, 3.63) is 0 Å². The molecule has 42 valence electrons. The van der Waals surface area contributed by atoms with Crippen molar-refractivity contribution in [3.8, 4) is 0 Å². The van der Waals surface area contributed by atoms with E-state index in [9.17, 15) is 8.78 Å². The Hall–Kier alpha value is -0.180. The molecule has 0 spiro atoms. The fourth-order valence-electron chi connectivity index (χ4n) is 0.399. The molecule has 0 aliphatic carbocycles. The van der Waals surface area contributed by atoms with Gasteiger partial charge in [0.25, 0.3) is 0 Å². The lowest BCUT2D eigenvalue weighted by Crippen LogP contribution is -2.33. The second-order valence-electron chi connectivity index (χ2n) is 1.63. The minimum Gasteiger partial charge on any atom is -0.380 e. The van der Waals surface area contributed by atoms with Crippen molar-refractivity contribution in [2.75, 3.05) is 13.2 Å². The topological polar surface area (TPSA) is 9.23 Å². The Morgan fingerprint density at radius 2 is 2.00 bits per heavy atom. The Morgan fingerprint density at radius 1 is 1.43 bits per heavy atom. The Bertz CT molecular complexity index is 60.7. The molecule has 0 aromatic rings. The fourth-order valence-corrected chi connectivity index (χ4v) is 0.399. The molecule has 0 amide bonds. The molecule has 0 radical (unpaired) electrons. The standard InChI is InChI=1S/C4H6F2O/c5-4(6)3-1-7-2-3/h3-4H,1-2H2. The van der Waals surface area contributed by atoms with Gasteiger partial charge in [0.05, 0.1) is 19.1 Å². The van der Waals surface area contributed by atoms with E-state index < -0.39 is 12.3 Å². The van der Waals surface area contributed by atoms with E-state index in [1.807, 2.05) is 0 Å². The summed E-state index contributed by atoms with van der Waals surface area (Å²) in [7, 11) is 0. The average Bonchev–Trinajstić information content (AvgIpc) is 1.23. The normalized spacial score (nSPS) is 22.7. The van der Waals surface area contributed by atoms with Crippen molar-refractivity contribution < 1.29 is 13.5 Å². The lowest BCUT2D eigenvalue weighted by atomic mass is 10.1. The molecular weight excluding hydrogens is 102 g/mol. The Kier molecular flexibility index (Phi) is 1.23. The van der Waals surface area contributed by atoms with Gasteiger partial charge < -0.3 is 4.74 Å². The molecule has 0 saturated carbocycles. The number of halogens is 2.